The Bertz CT molecular complexity index is 807. The molecule has 0 saturated heterocycles. The zero-order valence-corrected chi connectivity index (χ0v) is 15.3. The van der Waals surface area contributed by atoms with Gasteiger partial charge in [-0.3, -0.25) is 4.79 Å². The van der Waals surface area contributed by atoms with Crippen molar-refractivity contribution in [2.45, 2.75) is 51.9 Å². The standard InChI is InChI=1S/C21H25BO3/c1-13-9-10-21(3,4)19-12-18(14(2)11-17(13)19)20(23)15-5-7-16(8-6-15)22(24)25/h5-8,11-13,24-25H,9-10H2,1-4H3. The molecule has 3 rings (SSSR count). The molecule has 4 heteroatoms. The van der Waals surface area contributed by atoms with E-state index in [1.807, 2.05) is 6.92 Å². The molecule has 0 radical (unpaired) electrons. The second kappa shape index (κ2) is 6.43. The lowest BCUT2D eigenvalue weighted by atomic mass is 9.68. The lowest BCUT2D eigenvalue weighted by molar-refractivity contribution is 0.103. The van der Waals surface area contributed by atoms with E-state index in [4.69, 9.17) is 0 Å². The lowest BCUT2D eigenvalue weighted by Crippen LogP contribution is -2.29. The molecule has 1 unspecified atom stereocenters. The van der Waals surface area contributed by atoms with Gasteiger partial charge in [0.1, 0.15) is 0 Å². The fourth-order valence-electron chi connectivity index (χ4n) is 3.80. The van der Waals surface area contributed by atoms with Crippen LogP contribution < -0.4 is 5.46 Å². The zero-order valence-electron chi connectivity index (χ0n) is 15.3. The van der Waals surface area contributed by atoms with Crippen LogP contribution in [0.2, 0.25) is 0 Å². The monoisotopic (exact) mass is 336 g/mol. The van der Waals surface area contributed by atoms with E-state index in [0.717, 1.165) is 17.5 Å². The molecular formula is C21H25BO3. The quantitative estimate of drug-likeness (QED) is 0.669. The molecule has 2 N–H and O–H groups in total. The average molecular weight is 336 g/mol. The van der Waals surface area contributed by atoms with E-state index in [-0.39, 0.29) is 11.2 Å². The Balaban J connectivity index is 2.04. The summed E-state index contributed by atoms with van der Waals surface area (Å²) in [4.78, 5) is 13.0. The first-order valence-corrected chi connectivity index (χ1v) is 8.86. The van der Waals surface area contributed by atoms with E-state index in [2.05, 4.69) is 32.9 Å². The molecule has 0 saturated carbocycles. The van der Waals surface area contributed by atoms with Crippen LogP contribution in [0.4, 0.5) is 0 Å². The first kappa shape index (κ1) is 17.9. The van der Waals surface area contributed by atoms with Crippen molar-refractivity contribution in [3.63, 3.8) is 0 Å². The number of aryl methyl sites for hydroxylation is 1. The van der Waals surface area contributed by atoms with Gasteiger partial charge >= 0.3 is 7.12 Å². The van der Waals surface area contributed by atoms with Gasteiger partial charge in [0, 0.05) is 11.1 Å². The van der Waals surface area contributed by atoms with E-state index in [9.17, 15) is 14.8 Å². The van der Waals surface area contributed by atoms with Crippen LogP contribution in [0.3, 0.4) is 0 Å². The number of hydrogen-bond donors (Lipinski definition) is 2. The minimum atomic E-state index is -1.52. The summed E-state index contributed by atoms with van der Waals surface area (Å²) < 4.78 is 0. The van der Waals surface area contributed by atoms with Crippen molar-refractivity contribution in [3.8, 4) is 0 Å². The summed E-state index contributed by atoms with van der Waals surface area (Å²) in [5.74, 6) is 0.504. The van der Waals surface area contributed by atoms with Crippen LogP contribution in [0.15, 0.2) is 36.4 Å². The number of hydrogen-bond acceptors (Lipinski definition) is 3. The highest BCUT2D eigenvalue weighted by Gasteiger charge is 2.32. The van der Waals surface area contributed by atoms with Crippen molar-refractivity contribution in [1.29, 1.82) is 0 Å². The first-order chi connectivity index (χ1) is 11.7. The second-order valence-corrected chi connectivity index (χ2v) is 7.90. The van der Waals surface area contributed by atoms with E-state index < -0.39 is 7.12 Å². The summed E-state index contributed by atoms with van der Waals surface area (Å²) >= 11 is 0. The second-order valence-electron chi connectivity index (χ2n) is 7.90. The maximum absolute atomic E-state index is 13.0. The third kappa shape index (κ3) is 3.29. The summed E-state index contributed by atoms with van der Waals surface area (Å²) in [6.45, 7) is 8.75. The van der Waals surface area contributed by atoms with Crippen molar-refractivity contribution in [2.24, 2.45) is 0 Å². The Morgan fingerprint density at radius 3 is 2.40 bits per heavy atom. The molecule has 0 spiro atoms. The third-order valence-corrected chi connectivity index (χ3v) is 5.57. The SMILES string of the molecule is Cc1cc2c(cc1C(=O)c1ccc(B(O)O)cc1)C(C)(C)CCC2C. The molecule has 2 aromatic rings. The fourth-order valence-corrected chi connectivity index (χ4v) is 3.80. The molecule has 0 aliphatic heterocycles. The number of benzene rings is 2. The van der Waals surface area contributed by atoms with Gasteiger partial charge in [0.25, 0.3) is 0 Å². The Morgan fingerprint density at radius 2 is 1.80 bits per heavy atom. The molecule has 0 heterocycles. The van der Waals surface area contributed by atoms with Gasteiger partial charge in [-0.1, -0.05) is 51.1 Å². The van der Waals surface area contributed by atoms with Crippen LogP contribution in [0, 0.1) is 6.92 Å². The van der Waals surface area contributed by atoms with Gasteiger partial charge in [0.15, 0.2) is 5.78 Å². The minimum absolute atomic E-state index is 0.0201. The highest BCUT2D eigenvalue weighted by molar-refractivity contribution is 6.58. The number of rotatable bonds is 3. The summed E-state index contributed by atoms with van der Waals surface area (Å²) in [6, 6.07) is 10.7. The molecule has 0 fully saturated rings. The van der Waals surface area contributed by atoms with Crippen LogP contribution in [0.25, 0.3) is 0 Å². The Morgan fingerprint density at radius 1 is 1.16 bits per heavy atom. The van der Waals surface area contributed by atoms with Crippen LogP contribution in [0.1, 0.15) is 72.1 Å². The highest BCUT2D eigenvalue weighted by Crippen LogP contribution is 2.43. The number of ketones is 1. The van der Waals surface area contributed by atoms with E-state index in [1.54, 1.807) is 24.3 Å². The van der Waals surface area contributed by atoms with Gasteiger partial charge in [-0.25, -0.2) is 0 Å². The van der Waals surface area contributed by atoms with Gasteiger partial charge in [-0.05, 0) is 59.3 Å². The molecule has 3 nitrogen and oxygen atoms in total. The van der Waals surface area contributed by atoms with Crippen molar-refractivity contribution >= 4 is 18.4 Å². The topological polar surface area (TPSA) is 57.5 Å². The predicted molar refractivity (Wildman–Crippen MR) is 102 cm³/mol. The maximum atomic E-state index is 13.0. The number of carbonyl (C=O) groups is 1. The maximum Gasteiger partial charge on any atom is 0.488 e. The largest absolute Gasteiger partial charge is 0.488 e. The highest BCUT2D eigenvalue weighted by atomic mass is 16.4. The normalized spacial score (nSPS) is 18.6. The Hall–Kier alpha value is -1.91. The summed E-state index contributed by atoms with van der Waals surface area (Å²) in [5, 5.41) is 18.4. The van der Waals surface area contributed by atoms with Crippen LogP contribution in [0.5, 0.6) is 0 Å². The molecule has 25 heavy (non-hydrogen) atoms. The van der Waals surface area contributed by atoms with E-state index >= 15 is 0 Å². The van der Waals surface area contributed by atoms with Crippen molar-refractivity contribution in [3.05, 3.63) is 64.2 Å². The molecule has 130 valence electrons. The molecule has 1 atom stereocenters. The molecule has 0 amide bonds. The van der Waals surface area contributed by atoms with Crippen molar-refractivity contribution in [1.82, 2.24) is 0 Å². The summed E-state index contributed by atoms with van der Waals surface area (Å²) in [5.41, 5.74) is 5.40. The summed E-state index contributed by atoms with van der Waals surface area (Å²) in [7, 11) is -1.52. The smallest absolute Gasteiger partial charge is 0.423 e. The molecular weight excluding hydrogens is 311 g/mol. The third-order valence-electron chi connectivity index (χ3n) is 5.57. The predicted octanol–water partition coefficient (Wildman–Crippen LogP) is 3.08. The minimum Gasteiger partial charge on any atom is -0.423 e. The van der Waals surface area contributed by atoms with E-state index in [1.165, 1.54) is 17.5 Å². The average Bonchev–Trinajstić information content (AvgIpc) is 2.57. The van der Waals surface area contributed by atoms with Crippen molar-refractivity contribution < 1.29 is 14.8 Å². The van der Waals surface area contributed by atoms with Gasteiger partial charge in [0.2, 0.25) is 0 Å². The first-order valence-electron chi connectivity index (χ1n) is 8.86. The Labute approximate surface area is 149 Å². The molecule has 0 bridgehead atoms. The number of fused-ring (bicyclic) bond motifs is 1. The molecule has 2 aromatic carbocycles. The van der Waals surface area contributed by atoms with Gasteiger partial charge in [-0.2, -0.15) is 0 Å². The van der Waals surface area contributed by atoms with Gasteiger partial charge in [0.05, 0.1) is 0 Å². The Kier molecular flexibility index (Phi) is 4.61. The molecule has 0 aromatic heterocycles. The molecule has 1 aliphatic carbocycles. The zero-order chi connectivity index (χ0) is 18.4. The van der Waals surface area contributed by atoms with Crippen LogP contribution in [-0.4, -0.2) is 22.9 Å². The van der Waals surface area contributed by atoms with Crippen LogP contribution >= 0.6 is 0 Å². The lowest BCUT2D eigenvalue weighted by Gasteiger charge is -2.36. The molecule has 1 aliphatic rings. The fraction of sp³-hybridized carbons (Fsp3) is 0.381. The van der Waals surface area contributed by atoms with Crippen LogP contribution in [-0.2, 0) is 5.41 Å². The number of carbonyl (C=O) groups excluding carboxylic acids is 1. The van der Waals surface area contributed by atoms with Gasteiger partial charge < -0.3 is 10.0 Å². The van der Waals surface area contributed by atoms with Gasteiger partial charge in [-0.15, -0.1) is 0 Å². The van der Waals surface area contributed by atoms with Crippen molar-refractivity contribution in [2.75, 3.05) is 0 Å². The van der Waals surface area contributed by atoms with E-state index in [0.29, 0.717) is 16.9 Å². The summed E-state index contributed by atoms with van der Waals surface area (Å²) in [6.07, 6.45) is 2.30.